The number of hydrogen-bond acceptors (Lipinski definition) is 4. The van der Waals surface area contributed by atoms with Crippen LogP contribution in [0.5, 0.6) is 5.75 Å². The summed E-state index contributed by atoms with van der Waals surface area (Å²) >= 11 is 6.77. The standard InChI is InChI=1S/C21H21NO2S2/c1-3-15(2)24-18-12-8-7-11-17(18)13-19-20(23)22(21(25)26-19)14-16-9-5-4-6-10-16/h4-13,15H,3,14H2,1-2H3/b19-13-/t15-/m1/s1. The molecule has 0 spiro atoms. The first kappa shape index (κ1) is 18.7. The molecule has 0 unspecified atom stereocenters. The molecular weight excluding hydrogens is 362 g/mol. The molecule has 0 saturated carbocycles. The maximum atomic E-state index is 12.8. The summed E-state index contributed by atoms with van der Waals surface area (Å²) in [5.74, 6) is 0.734. The van der Waals surface area contributed by atoms with Crippen LogP contribution in [0, 0.1) is 0 Å². The number of para-hydroxylation sites is 1. The van der Waals surface area contributed by atoms with Gasteiger partial charge in [0.1, 0.15) is 10.1 Å². The number of benzene rings is 2. The summed E-state index contributed by atoms with van der Waals surface area (Å²) in [7, 11) is 0. The molecule has 1 aliphatic rings. The van der Waals surface area contributed by atoms with Crippen LogP contribution in [0.25, 0.3) is 6.08 Å². The largest absolute Gasteiger partial charge is 0.490 e. The number of hydrogen-bond donors (Lipinski definition) is 0. The van der Waals surface area contributed by atoms with Crippen LogP contribution < -0.4 is 4.74 Å². The average Bonchev–Trinajstić information content (AvgIpc) is 2.91. The van der Waals surface area contributed by atoms with Crippen molar-refractivity contribution in [3.05, 3.63) is 70.6 Å². The molecule has 1 atom stereocenters. The van der Waals surface area contributed by atoms with Gasteiger partial charge < -0.3 is 4.74 Å². The Morgan fingerprint density at radius 3 is 2.58 bits per heavy atom. The monoisotopic (exact) mass is 383 g/mol. The van der Waals surface area contributed by atoms with Crippen LogP contribution in [-0.2, 0) is 11.3 Å². The Bertz CT molecular complexity index is 833. The molecule has 1 heterocycles. The van der Waals surface area contributed by atoms with Crippen LogP contribution in [0.3, 0.4) is 0 Å². The van der Waals surface area contributed by atoms with E-state index in [1.807, 2.05) is 67.6 Å². The molecule has 1 saturated heterocycles. The molecule has 0 radical (unpaired) electrons. The summed E-state index contributed by atoms with van der Waals surface area (Å²) in [6, 6.07) is 17.7. The van der Waals surface area contributed by atoms with Gasteiger partial charge in [-0.05, 0) is 31.1 Å². The topological polar surface area (TPSA) is 29.5 Å². The summed E-state index contributed by atoms with van der Waals surface area (Å²) in [6.45, 7) is 4.62. The van der Waals surface area contributed by atoms with Gasteiger partial charge >= 0.3 is 0 Å². The fourth-order valence-electron chi connectivity index (χ4n) is 2.55. The highest BCUT2D eigenvalue weighted by Gasteiger charge is 2.32. The number of carbonyl (C=O) groups excluding carboxylic acids is 1. The predicted octanol–water partition coefficient (Wildman–Crippen LogP) is 5.27. The highest BCUT2D eigenvalue weighted by molar-refractivity contribution is 8.26. The molecule has 5 heteroatoms. The lowest BCUT2D eigenvalue weighted by Crippen LogP contribution is -2.27. The minimum atomic E-state index is -0.0535. The summed E-state index contributed by atoms with van der Waals surface area (Å²) in [4.78, 5) is 15.1. The Labute approximate surface area is 164 Å². The molecule has 1 fully saturated rings. The molecule has 1 amide bonds. The van der Waals surface area contributed by atoms with Gasteiger partial charge in [0.2, 0.25) is 0 Å². The molecule has 2 aromatic rings. The van der Waals surface area contributed by atoms with Gasteiger partial charge in [-0.25, -0.2) is 0 Å². The Balaban J connectivity index is 1.82. The maximum Gasteiger partial charge on any atom is 0.266 e. The van der Waals surface area contributed by atoms with E-state index in [9.17, 15) is 4.79 Å². The zero-order valence-corrected chi connectivity index (χ0v) is 16.5. The number of nitrogens with zero attached hydrogens (tertiary/aromatic N) is 1. The normalized spacial score (nSPS) is 17.0. The minimum Gasteiger partial charge on any atom is -0.490 e. The van der Waals surface area contributed by atoms with Crippen molar-refractivity contribution >= 4 is 40.3 Å². The first-order chi connectivity index (χ1) is 12.6. The fourth-order valence-corrected chi connectivity index (χ4v) is 3.80. The second-order valence-electron chi connectivity index (χ2n) is 6.13. The highest BCUT2D eigenvalue weighted by atomic mass is 32.2. The summed E-state index contributed by atoms with van der Waals surface area (Å²) in [5, 5.41) is 0. The van der Waals surface area contributed by atoms with Crippen molar-refractivity contribution in [1.29, 1.82) is 0 Å². The van der Waals surface area contributed by atoms with Crippen LogP contribution in [0.1, 0.15) is 31.4 Å². The molecule has 0 N–H and O–H groups in total. The van der Waals surface area contributed by atoms with Gasteiger partial charge in [0.25, 0.3) is 5.91 Å². The van der Waals surface area contributed by atoms with E-state index >= 15 is 0 Å². The average molecular weight is 384 g/mol. The van der Waals surface area contributed by atoms with E-state index in [2.05, 4.69) is 6.92 Å². The molecule has 0 aliphatic carbocycles. The number of amides is 1. The van der Waals surface area contributed by atoms with Crippen molar-refractivity contribution in [3.63, 3.8) is 0 Å². The maximum absolute atomic E-state index is 12.8. The van der Waals surface area contributed by atoms with Gasteiger partial charge in [0.05, 0.1) is 17.6 Å². The van der Waals surface area contributed by atoms with Gasteiger partial charge in [-0.15, -0.1) is 0 Å². The van der Waals surface area contributed by atoms with Crippen molar-refractivity contribution in [2.45, 2.75) is 32.9 Å². The van der Waals surface area contributed by atoms with Crippen LogP contribution in [0.4, 0.5) is 0 Å². The Hall–Kier alpha value is -2.11. The van der Waals surface area contributed by atoms with E-state index in [1.165, 1.54) is 11.8 Å². The number of thioether (sulfide) groups is 1. The first-order valence-corrected chi connectivity index (χ1v) is 9.86. The van der Waals surface area contributed by atoms with Crippen molar-refractivity contribution < 1.29 is 9.53 Å². The van der Waals surface area contributed by atoms with Gasteiger partial charge in [-0.2, -0.15) is 0 Å². The molecule has 0 aromatic heterocycles. The van der Waals surface area contributed by atoms with Crippen LogP contribution >= 0.6 is 24.0 Å². The highest BCUT2D eigenvalue weighted by Crippen LogP contribution is 2.35. The van der Waals surface area contributed by atoms with Crippen molar-refractivity contribution in [2.75, 3.05) is 0 Å². The van der Waals surface area contributed by atoms with Gasteiger partial charge in [-0.1, -0.05) is 79.4 Å². The molecule has 2 aromatic carbocycles. The van der Waals surface area contributed by atoms with E-state index in [1.54, 1.807) is 4.90 Å². The lowest BCUT2D eigenvalue weighted by molar-refractivity contribution is -0.122. The Kier molecular flexibility index (Phi) is 6.12. The van der Waals surface area contributed by atoms with Gasteiger partial charge in [0.15, 0.2) is 0 Å². The predicted molar refractivity (Wildman–Crippen MR) is 112 cm³/mol. The Morgan fingerprint density at radius 2 is 1.85 bits per heavy atom. The zero-order chi connectivity index (χ0) is 18.5. The van der Waals surface area contributed by atoms with Crippen LogP contribution in [0.15, 0.2) is 59.5 Å². The smallest absolute Gasteiger partial charge is 0.266 e. The molecule has 134 valence electrons. The number of ether oxygens (including phenoxy) is 1. The molecule has 0 bridgehead atoms. The number of thiocarbonyl (C=S) groups is 1. The third-order valence-corrected chi connectivity index (χ3v) is 5.54. The van der Waals surface area contributed by atoms with E-state index in [4.69, 9.17) is 17.0 Å². The summed E-state index contributed by atoms with van der Waals surface area (Å²) in [6.07, 6.45) is 2.92. The summed E-state index contributed by atoms with van der Waals surface area (Å²) < 4.78 is 6.57. The third kappa shape index (κ3) is 4.34. The SMILES string of the molecule is CC[C@@H](C)Oc1ccccc1/C=C1\SC(=S)N(Cc2ccccc2)C1=O. The minimum absolute atomic E-state index is 0.0535. The number of carbonyl (C=O) groups is 1. The van der Waals surface area contributed by atoms with Crippen molar-refractivity contribution in [1.82, 2.24) is 4.90 Å². The van der Waals surface area contributed by atoms with E-state index in [0.717, 1.165) is 23.3 Å². The fraction of sp³-hybridized carbons (Fsp3) is 0.238. The van der Waals surface area contributed by atoms with Gasteiger partial charge in [-0.3, -0.25) is 9.69 Å². The molecule has 1 aliphatic heterocycles. The quantitative estimate of drug-likeness (QED) is 0.502. The molecular formula is C21H21NO2S2. The van der Waals surface area contributed by atoms with Crippen molar-refractivity contribution in [3.8, 4) is 5.75 Å². The Morgan fingerprint density at radius 1 is 1.15 bits per heavy atom. The van der Waals surface area contributed by atoms with E-state index in [-0.39, 0.29) is 12.0 Å². The molecule has 26 heavy (non-hydrogen) atoms. The second kappa shape index (κ2) is 8.52. The lowest BCUT2D eigenvalue weighted by atomic mass is 10.1. The van der Waals surface area contributed by atoms with Gasteiger partial charge in [0, 0.05) is 5.56 Å². The summed E-state index contributed by atoms with van der Waals surface area (Å²) in [5.41, 5.74) is 1.96. The van der Waals surface area contributed by atoms with E-state index < -0.39 is 0 Å². The van der Waals surface area contributed by atoms with Crippen LogP contribution in [-0.4, -0.2) is 21.2 Å². The second-order valence-corrected chi connectivity index (χ2v) is 7.80. The molecule has 3 rings (SSSR count). The lowest BCUT2D eigenvalue weighted by Gasteiger charge is -2.15. The molecule has 3 nitrogen and oxygen atoms in total. The third-order valence-electron chi connectivity index (χ3n) is 4.17. The van der Waals surface area contributed by atoms with Crippen molar-refractivity contribution in [2.24, 2.45) is 0 Å². The van der Waals surface area contributed by atoms with E-state index in [0.29, 0.717) is 15.8 Å². The van der Waals surface area contributed by atoms with Crippen LogP contribution in [0.2, 0.25) is 0 Å². The first-order valence-electron chi connectivity index (χ1n) is 8.63. The number of rotatable bonds is 6. The zero-order valence-electron chi connectivity index (χ0n) is 14.8.